The van der Waals surface area contributed by atoms with Crippen LogP contribution in [0.3, 0.4) is 0 Å². The highest BCUT2D eigenvalue weighted by molar-refractivity contribution is 5.91. The smallest absolute Gasteiger partial charge is 0.335 e. The van der Waals surface area contributed by atoms with E-state index < -0.39 is 5.97 Å². The molecule has 0 radical (unpaired) electrons. The van der Waals surface area contributed by atoms with Crippen LogP contribution in [0.15, 0.2) is 47.1 Å². The van der Waals surface area contributed by atoms with Crippen LogP contribution in [0.5, 0.6) is 0 Å². The second-order valence-electron chi connectivity index (χ2n) is 4.63. The first-order chi connectivity index (χ1) is 10.1. The summed E-state index contributed by atoms with van der Waals surface area (Å²) >= 11 is 0. The highest BCUT2D eigenvalue weighted by Crippen LogP contribution is 2.13. The molecular formula is C16H17NO4. The molecule has 0 spiro atoms. The average Bonchev–Trinajstić information content (AvgIpc) is 2.98. The number of carbonyl (C=O) groups excluding carboxylic acids is 1. The summed E-state index contributed by atoms with van der Waals surface area (Å²) in [6.07, 6.45) is 1.63. The molecule has 1 amide bonds. The molecule has 0 aliphatic rings. The second-order valence-corrected chi connectivity index (χ2v) is 4.63. The average molecular weight is 287 g/mol. The van der Waals surface area contributed by atoms with Crippen LogP contribution < -0.4 is 0 Å². The summed E-state index contributed by atoms with van der Waals surface area (Å²) in [5.74, 6) is -0.438. The molecule has 0 aliphatic heterocycles. The Hall–Kier alpha value is -2.56. The molecule has 2 rings (SSSR count). The molecule has 1 N–H and O–H groups in total. The van der Waals surface area contributed by atoms with E-state index in [1.165, 1.54) is 6.07 Å². The maximum absolute atomic E-state index is 12.3. The Labute approximate surface area is 122 Å². The molecule has 5 nitrogen and oxygen atoms in total. The fraction of sp³-hybridized carbons (Fsp3) is 0.250. The molecule has 5 heteroatoms. The molecule has 0 saturated heterocycles. The number of amides is 1. The largest absolute Gasteiger partial charge is 0.478 e. The van der Waals surface area contributed by atoms with Crippen molar-refractivity contribution in [3.8, 4) is 0 Å². The van der Waals surface area contributed by atoms with E-state index in [0.717, 1.165) is 0 Å². The van der Waals surface area contributed by atoms with E-state index in [-0.39, 0.29) is 17.9 Å². The van der Waals surface area contributed by atoms with Gasteiger partial charge < -0.3 is 14.4 Å². The molecule has 0 atom stereocenters. The summed E-state index contributed by atoms with van der Waals surface area (Å²) in [6.45, 7) is 2.80. The van der Waals surface area contributed by atoms with Gasteiger partial charge >= 0.3 is 5.97 Å². The van der Waals surface area contributed by atoms with Crippen molar-refractivity contribution in [2.45, 2.75) is 19.9 Å². The summed E-state index contributed by atoms with van der Waals surface area (Å²) in [5, 5.41) is 9.14. The van der Waals surface area contributed by atoms with Crippen LogP contribution in [0.25, 0.3) is 0 Å². The molecule has 1 aromatic carbocycles. The normalized spacial score (nSPS) is 10.3. The first kappa shape index (κ1) is 14.8. The number of carboxylic acids is 1. The van der Waals surface area contributed by atoms with Gasteiger partial charge in [0, 0.05) is 6.54 Å². The maximum Gasteiger partial charge on any atom is 0.335 e. The predicted molar refractivity (Wildman–Crippen MR) is 76.9 cm³/mol. The molecule has 0 fully saturated rings. The lowest BCUT2D eigenvalue weighted by Gasteiger charge is -2.20. The van der Waals surface area contributed by atoms with E-state index in [1.54, 1.807) is 41.5 Å². The lowest BCUT2D eigenvalue weighted by molar-refractivity contribution is -0.131. The topological polar surface area (TPSA) is 70.8 Å². The van der Waals surface area contributed by atoms with E-state index >= 15 is 0 Å². The molecular weight excluding hydrogens is 270 g/mol. The fourth-order valence-corrected chi connectivity index (χ4v) is 2.12. The van der Waals surface area contributed by atoms with Gasteiger partial charge in [-0.25, -0.2) is 4.79 Å². The standard InChI is InChI=1S/C16H17NO4/c1-2-17(11-13-7-5-9-21-13)15(18)10-12-6-3-4-8-14(12)16(19)20/h3-9H,2,10-11H2,1H3,(H,19,20). The summed E-state index contributed by atoms with van der Waals surface area (Å²) < 4.78 is 5.24. The van der Waals surface area contributed by atoms with Gasteiger partial charge in [0.25, 0.3) is 0 Å². The minimum Gasteiger partial charge on any atom is -0.478 e. The minimum atomic E-state index is -1.02. The molecule has 0 aliphatic carbocycles. The fourth-order valence-electron chi connectivity index (χ4n) is 2.12. The number of hydrogen-bond donors (Lipinski definition) is 1. The number of benzene rings is 1. The van der Waals surface area contributed by atoms with Gasteiger partial charge in [0.2, 0.25) is 5.91 Å². The zero-order valence-corrected chi connectivity index (χ0v) is 11.8. The molecule has 1 heterocycles. The van der Waals surface area contributed by atoms with Crippen molar-refractivity contribution in [3.05, 3.63) is 59.5 Å². The summed E-state index contributed by atoms with van der Waals surface area (Å²) in [4.78, 5) is 25.1. The highest BCUT2D eigenvalue weighted by atomic mass is 16.4. The van der Waals surface area contributed by atoms with E-state index in [1.807, 2.05) is 6.92 Å². The summed E-state index contributed by atoms with van der Waals surface area (Å²) in [7, 11) is 0. The Bertz CT molecular complexity index is 619. The molecule has 0 bridgehead atoms. The third-order valence-electron chi connectivity index (χ3n) is 3.25. The number of rotatable bonds is 6. The van der Waals surface area contributed by atoms with Crippen molar-refractivity contribution >= 4 is 11.9 Å². The number of furan rings is 1. The lowest BCUT2D eigenvalue weighted by atomic mass is 10.0. The Morgan fingerprint density at radius 2 is 1.95 bits per heavy atom. The Balaban J connectivity index is 2.11. The van der Waals surface area contributed by atoms with Crippen LogP contribution >= 0.6 is 0 Å². The number of aromatic carboxylic acids is 1. The first-order valence-electron chi connectivity index (χ1n) is 6.73. The highest BCUT2D eigenvalue weighted by Gasteiger charge is 2.17. The number of nitrogens with zero attached hydrogens (tertiary/aromatic N) is 1. The number of carboxylic acid groups (broad SMARTS) is 1. The minimum absolute atomic E-state index is 0.0665. The third kappa shape index (κ3) is 3.72. The van der Waals surface area contributed by atoms with Crippen molar-refractivity contribution in [1.82, 2.24) is 4.90 Å². The second kappa shape index (κ2) is 6.74. The van der Waals surface area contributed by atoms with Crippen molar-refractivity contribution in [3.63, 3.8) is 0 Å². The molecule has 1 aromatic heterocycles. The van der Waals surface area contributed by atoms with Crippen LogP contribution in [0.1, 0.15) is 28.6 Å². The SMILES string of the molecule is CCN(Cc1ccco1)C(=O)Cc1ccccc1C(=O)O. The van der Waals surface area contributed by atoms with E-state index in [9.17, 15) is 9.59 Å². The first-order valence-corrected chi connectivity index (χ1v) is 6.73. The molecule has 2 aromatic rings. The van der Waals surface area contributed by atoms with Crippen LogP contribution in [0.4, 0.5) is 0 Å². The van der Waals surface area contributed by atoms with Gasteiger partial charge in [0.15, 0.2) is 0 Å². The zero-order valence-electron chi connectivity index (χ0n) is 11.8. The maximum atomic E-state index is 12.3. The third-order valence-corrected chi connectivity index (χ3v) is 3.25. The molecule has 21 heavy (non-hydrogen) atoms. The summed E-state index contributed by atoms with van der Waals surface area (Å²) in [5.41, 5.74) is 0.688. The quantitative estimate of drug-likeness (QED) is 0.886. The van der Waals surface area contributed by atoms with Crippen LogP contribution in [-0.4, -0.2) is 28.4 Å². The molecule has 0 unspecified atom stereocenters. The van der Waals surface area contributed by atoms with Gasteiger partial charge in [-0.15, -0.1) is 0 Å². The monoisotopic (exact) mass is 287 g/mol. The van der Waals surface area contributed by atoms with Crippen molar-refractivity contribution < 1.29 is 19.1 Å². The molecule has 0 saturated carbocycles. The number of hydrogen-bond acceptors (Lipinski definition) is 3. The summed E-state index contributed by atoms with van der Waals surface area (Å²) in [6, 6.07) is 10.1. The van der Waals surface area contributed by atoms with Crippen LogP contribution in [0, 0.1) is 0 Å². The van der Waals surface area contributed by atoms with Crippen LogP contribution in [0.2, 0.25) is 0 Å². The Morgan fingerprint density at radius 3 is 2.57 bits per heavy atom. The van der Waals surface area contributed by atoms with Gasteiger partial charge in [0.1, 0.15) is 5.76 Å². The van der Waals surface area contributed by atoms with Crippen LogP contribution in [-0.2, 0) is 17.8 Å². The Kier molecular flexibility index (Phi) is 4.77. The van der Waals surface area contributed by atoms with E-state index in [4.69, 9.17) is 9.52 Å². The van der Waals surface area contributed by atoms with Crippen molar-refractivity contribution in [1.29, 1.82) is 0 Å². The van der Waals surface area contributed by atoms with Gasteiger partial charge in [-0.1, -0.05) is 18.2 Å². The van der Waals surface area contributed by atoms with Gasteiger partial charge in [-0.3, -0.25) is 4.79 Å². The lowest BCUT2D eigenvalue weighted by Crippen LogP contribution is -2.31. The molecule has 110 valence electrons. The van der Waals surface area contributed by atoms with Crippen molar-refractivity contribution in [2.75, 3.05) is 6.54 Å². The number of carbonyl (C=O) groups is 2. The Morgan fingerprint density at radius 1 is 1.19 bits per heavy atom. The van der Waals surface area contributed by atoms with Gasteiger partial charge in [-0.05, 0) is 30.7 Å². The van der Waals surface area contributed by atoms with E-state index in [2.05, 4.69) is 0 Å². The van der Waals surface area contributed by atoms with Gasteiger partial charge in [0.05, 0.1) is 24.8 Å². The van der Waals surface area contributed by atoms with E-state index in [0.29, 0.717) is 24.4 Å². The van der Waals surface area contributed by atoms with Crippen molar-refractivity contribution in [2.24, 2.45) is 0 Å². The predicted octanol–water partition coefficient (Wildman–Crippen LogP) is 2.57. The zero-order chi connectivity index (χ0) is 15.2. The van der Waals surface area contributed by atoms with Gasteiger partial charge in [-0.2, -0.15) is 0 Å². The number of likely N-dealkylation sites (N-methyl/N-ethyl adjacent to an activating group) is 1.